The number of hydrogen-bond donors (Lipinski definition) is 0. The quantitative estimate of drug-likeness (QED) is 0.571. The first-order chi connectivity index (χ1) is 8.31. The minimum atomic E-state index is 0.0801. The normalized spacial score (nSPS) is 8.88. The molecule has 0 unspecified atom stereocenters. The molecular formula is C14H14N2O. The van der Waals surface area contributed by atoms with Crippen molar-refractivity contribution in [1.82, 2.24) is 0 Å². The fourth-order valence-corrected chi connectivity index (χ4v) is 1.30. The molecule has 0 spiro atoms. The second-order valence-corrected chi connectivity index (χ2v) is 3.52. The lowest BCUT2D eigenvalue weighted by Crippen LogP contribution is -1.97. The van der Waals surface area contributed by atoms with Crippen LogP contribution in [0.4, 0.5) is 0 Å². The van der Waals surface area contributed by atoms with Crippen LogP contribution in [0.15, 0.2) is 29.8 Å². The van der Waals surface area contributed by atoms with E-state index < -0.39 is 0 Å². The molecule has 86 valence electrons. The van der Waals surface area contributed by atoms with Crippen LogP contribution in [0.3, 0.4) is 0 Å². The van der Waals surface area contributed by atoms with Gasteiger partial charge in [-0.1, -0.05) is 31.5 Å². The zero-order chi connectivity index (χ0) is 12.5. The summed E-state index contributed by atoms with van der Waals surface area (Å²) in [5.41, 5.74) is 0.846. The summed E-state index contributed by atoms with van der Waals surface area (Å²) in [5, 5.41) is 17.4. The fraction of sp³-hybridized carbons (Fsp3) is 0.286. The van der Waals surface area contributed by atoms with Crippen LogP contribution in [0.1, 0.15) is 25.3 Å². The number of benzene rings is 1. The van der Waals surface area contributed by atoms with Crippen molar-refractivity contribution in [1.29, 1.82) is 10.5 Å². The first-order valence-electron chi connectivity index (χ1n) is 5.55. The van der Waals surface area contributed by atoms with E-state index >= 15 is 0 Å². The van der Waals surface area contributed by atoms with Crippen LogP contribution in [-0.4, -0.2) is 6.61 Å². The van der Waals surface area contributed by atoms with Crippen molar-refractivity contribution in [2.24, 2.45) is 0 Å². The third-order valence-electron chi connectivity index (χ3n) is 2.22. The summed E-state index contributed by atoms with van der Waals surface area (Å²) in [6, 6.07) is 11.1. The highest BCUT2D eigenvalue weighted by molar-refractivity contribution is 5.66. The maximum atomic E-state index is 8.71. The van der Waals surface area contributed by atoms with Crippen LogP contribution < -0.4 is 4.74 Å². The van der Waals surface area contributed by atoms with Crippen LogP contribution >= 0.6 is 0 Å². The van der Waals surface area contributed by atoms with Gasteiger partial charge in [0.1, 0.15) is 23.5 Å². The maximum Gasteiger partial charge on any atom is 0.130 e. The zero-order valence-electron chi connectivity index (χ0n) is 9.81. The summed E-state index contributed by atoms with van der Waals surface area (Å²) in [5.74, 6) is 0.712. The van der Waals surface area contributed by atoms with Crippen molar-refractivity contribution in [3.8, 4) is 17.9 Å². The van der Waals surface area contributed by atoms with Crippen LogP contribution in [0.2, 0.25) is 0 Å². The number of allylic oxidation sites excluding steroid dienone is 1. The molecule has 0 atom stereocenters. The Kier molecular flexibility index (Phi) is 5.34. The molecule has 0 saturated carbocycles. The van der Waals surface area contributed by atoms with Crippen molar-refractivity contribution < 1.29 is 4.74 Å². The van der Waals surface area contributed by atoms with Gasteiger partial charge in [-0.3, -0.25) is 0 Å². The van der Waals surface area contributed by atoms with Gasteiger partial charge in [0.2, 0.25) is 0 Å². The first-order valence-corrected chi connectivity index (χ1v) is 5.55. The van der Waals surface area contributed by atoms with Gasteiger partial charge in [-0.15, -0.1) is 0 Å². The third kappa shape index (κ3) is 4.01. The third-order valence-corrected chi connectivity index (χ3v) is 2.22. The van der Waals surface area contributed by atoms with Gasteiger partial charge >= 0.3 is 0 Å². The second kappa shape index (κ2) is 7.09. The average molecular weight is 226 g/mol. The molecule has 0 aliphatic rings. The van der Waals surface area contributed by atoms with Crippen molar-refractivity contribution in [2.75, 3.05) is 6.61 Å². The van der Waals surface area contributed by atoms with Gasteiger partial charge in [0.05, 0.1) is 6.61 Å². The van der Waals surface area contributed by atoms with E-state index in [4.69, 9.17) is 15.3 Å². The molecule has 0 saturated heterocycles. The molecule has 0 fully saturated rings. The summed E-state index contributed by atoms with van der Waals surface area (Å²) in [7, 11) is 0. The molecule has 0 radical (unpaired) electrons. The molecule has 0 aromatic heterocycles. The Labute approximate surface area is 102 Å². The molecule has 1 rings (SSSR count). The number of nitrogens with zero attached hydrogens (tertiary/aromatic N) is 2. The standard InChI is InChI=1S/C14H14N2O/c1-2-3-8-17-14-7-5-4-6-13(14)9-12(10-15)11-16/h4-7,9H,2-3,8H2,1H3. The lowest BCUT2D eigenvalue weighted by atomic mass is 10.1. The lowest BCUT2D eigenvalue weighted by molar-refractivity contribution is 0.309. The summed E-state index contributed by atoms with van der Waals surface area (Å²) >= 11 is 0. The molecule has 0 aliphatic heterocycles. The van der Waals surface area contributed by atoms with Crippen molar-refractivity contribution in [3.63, 3.8) is 0 Å². The molecule has 1 aromatic carbocycles. The van der Waals surface area contributed by atoms with Crippen molar-refractivity contribution in [2.45, 2.75) is 19.8 Å². The molecule has 1 aromatic rings. The molecule has 3 nitrogen and oxygen atoms in total. The maximum absolute atomic E-state index is 8.71. The van der Waals surface area contributed by atoms with Crippen molar-refractivity contribution >= 4 is 6.08 Å². The van der Waals surface area contributed by atoms with Gasteiger partial charge in [-0.25, -0.2) is 0 Å². The molecule has 0 aliphatic carbocycles. The van der Waals surface area contributed by atoms with E-state index in [2.05, 4.69) is 6.92 Å². The van der Waals surface area contributed by atoms with Crippen LogP contribution in [0, 0.1) is 22.7 Å². The highest BCUT2D eigenvalue weighted by Gasteiger charge is 2.01. The molecule has 3 heteroatoms. The van der Waals surface area contributed by atoms with E-state index in [1.165, 1.54) is 0 Å². The Bertz CT molecular complexity index is 462. The minimum absolute atomic E-state index is 0.0801. The summed E-state index contributed by atoms with van der Waals surface area (Å²) in [6.07, 6.45) is 3.60. The Morgan fingerprint density at radius 2 is 2.00 bits per heavy atom. The monoisotopic (exact) mass is 226 g/mol. The Balaban J connectivity index is 2.89. The van der Waals surface area contributed by atoms with E-state index in [0.29, 0.717) is 12.4 Å². The average Bonchev–Trinajstić information content (AvgIpc) is 2.38. The van der Waals surface area contributed by atoms with E-state index in [1.807, 2.05) is 36.4 Å². The van der Waals surface area contributed by atoms with Gasteiger partial charge in [-0.05, 0) is 18.6 Å². The SMILES string of the molecule is CCCCOc1ccccc1C=C(C#N)C#N. The number of unbranched alkanes of at least 4 members (excludes halogenated alkanes) is 1. The zero-order valence-corrected chi connectivity index (χ0v) is 9.81. The van der Waals surface area contributed by atoms with E-state index in [-0.39, 0.29) is 5.57 Å². The molecular weight excluding hydrogens is 212 g/mol. The van der Waals surface area contributed by atoms with Crippen LogP contribution in [0.25, 0.3) is 6.08 Å². The predicted molar refractivity (Wildman–Crippen MR) is 66.0 cm³/mol. The number of nitriles is 2. The summed E-state index contributed by atoms with van der Waals surface area (Å²) < 4.78 is 5.60. The van der Waals surface area contributed by atoms with E-state index in [1.54, 1.807) is 6.08 Å². The number of para-hydroxylation sites is 1. The largest absolute Gasteiger partial charge is 0.493 e. The minimum Gasteiger partial charge on any atom is -0.493 e. The first kappa shape index (κ1) is 12.8. The lowest BCUT2D eigenvalue weighted by Gasteiger charge is -2.08. The van der Waals surface area contributed by atoms with Gasteiger partial charge in [0.25, 0.3) is 0 Å². The number of ether oxygens (including phenoxy) is 1. The van der Waals surface area contributed by atoms with E-state index in [9.17, 15) is 0 Å². The molecule has 0 bridgehead atoms. The van der Waals surface area contributed by atoms with Crippen LogP contribution in [0.5, 0.6) is 5.75 Å². The molecule has 0 heterocycles. The second-order valence-electron chi connectivity index (χ2n) is 3.52. The van der Waals surface area contributed by atoms with Gasteiger partial charge in [0, 0.05) is 5.56 Å². The Morgan fingerprint density at radius 3 is 2.65 bits per heavy atom. The van der Waals surface area contributed by atoms with Crippen LogP contribution in [-0.2, 0) is 0 Å². The van der Waals surface area contributed by atoms with E-state index in [0.717, 1.165) is 18.4 Å². The van der Waals surface area contributed by atoms with Gasteiger partial charge < -0.3 is 4.74 Å². The summed E-state index contributed by atoms with van der Waals surface area (Å²) in [6.45, 7) is 2.74. The fourth-order valence-electron chi connectivity index (χ4n) is 1.30. The number of rotatable bonds is 5. The van der Waals surface area contributed by atoms with Crippen molar-refractivity contribution in [3.05, 3.63) is 35.4 Å². The smallest absolute Gasteiger partial charge is 0.130 e. The summed E-state index contributed by atoms with van der Waals surface area (Å²) in [4.78, 5) is 0. The Hall–Kier alpha value is -2.26. The predicted octanol–water partition coefficient (Wildman–Crippen LogP) is 3.30. The molecule has 0 amide bonds. The Morgan fingerprint density at radius 1 is 1.29 bits per heavy atom. The highest BCUT2D eigenvalue weighted by Crippen LogP contribution is 2.21. The number of hydrogen-bond acceptors (Lipinski definition) is 3. The highest BCUT2D eigenvalue weighted by atomic mass is 16.5. The van der Waals surface area contributed by atoms with Gasteiger partial charge in [0.15, 0.2) is 0 Å². The van der Waals surface area contributed by atoms with Gasteiger partial charge in [-0.2, -0.15) is 10.5 Å². The molecule has 17 heavy (non-hydrogen) atoms. The topological polar surface area (TPSA) is 56.8 Å². The molecule has 0 N–H and O–H groups in total.